The van der Waals surface area contributed by atoms with Gasteiger partial charge in [-0.05, 0) is 55.0 Å². The second-order valence-electron chi connectivity index (χ2n) is 8.56. The van der Waals surface area contributed by atoms with Crippen molar-refractivity contribution >= 4 is 44.5 Å². The molecule has 29 heavy (non-hydrogen) atoms. The van der Waals surface area contributed by atoms with Gasteiger partial charge in [0.2, 0.25) is 0 Å². The molecule has 4 rings (SSSR count). The molecule has 4 nitrogen and oxygen atoms in total. The number of carbonyl (C=O) groups is 2. The van der Waals surface area contributed by atoms with Crippen LogP contribution >= 0.6 is 22.7 Å². The molecule has 2 aromatic heterocycles. The highest BCUT2D eigenvalue weighted by Gasteiger charge is 2.33. The molecule has 1 aromatic carbocycles. The molecule has 1 aliphatic carbocycles. The van der Waals surface area contributed by atoms with E-state index in [0.29, 0.717) is 16.0 Å². The van der Waals surface area contributed by atoms with E-state index in [-0.39, 0.29) is 17.6 Å². The second-order valence-corrected chi connectivity index (χ2v) is 10.7. The summed E-state index contributed by atoms with van der Waals surface area (Å²) in [6, 6.07) is 6.19. The molecule has 0 bridgehead atoms. The highest BCUT2D eigenvalue weighted by molar-refractivity contribution is 7.17. The largest absolute Gasteiger partial charge is 0.478 e. The van der Waals surface area contributed by atoms with Crippen LogP contribution < -0.4 is 5.32 Å². The Labute approximate surface area is 178 Å². The third kappa shape index (κ3) is 3.89. The van der Waals surface area contributed by atoms with Crippen LogP contribution in [-0.4, -0.2) is 23.9 Å². The van der Waals surface area contributed by atoms with Crippen molar-refractivity contribution in [3.8, 4) is 0 Å². The summed E-state index contributed by atoms with van der Waals surface area (Å²) in [5.74, 6) is -0.910. The number of nitrogens with one attached hydrogen (secondary N) is 1. The number of ketones is 1. The second kappa shape index (κ2) is 7.67. The van der Waals surface area contributed by atoms with Gasteiger partial charge in [0, 0.05) is 43.7 Å². The number of aromatic carboxylic acids is 1. The van der Waals surface area contributed by atoms with Crippen molar-refractivity contribution in [2.75, 3.05) is 7.05 Å². The number of carbonyl (C=O) groups excluding carboxylic acids is 1. The first-order chi connectivity index (χ1) is 13.8. The number of carboxylic acids is 1. The van der Waals surface area contributed by atoms with Crippen molar-refractivity contribution in [3.63, 3.8) is 0 Å². The number of rotatable bonds is 6. The van der Waals surface area contributed by atoms with Crippen LogP contribution in [0.15, 0.2) is 23.6 Å². The van der Waals surface area contributed by atoms with Crippen LogP contribution in [0.3, 0.4) is 0 Å². The Morgan fingerprint density at radius 3 is 2.79 bits per heavy atom. The summed E-state index contributed by atoms with van der Waals surface area (Å²) in [6.45, 7) is 5.12. The first-order valence-electron chi connectivity index (χ1n) is 9.84. The Morgan fingerprint density at radius 2 is 2.07 bits per heavy atom. The molecular weight excluding hydrogens is 402 g/mol. The Morgan fingerprint density at radius 1 is 1.28 bits per heavy atom. The fourth-order valence-electron chi connectivity index (χ4n) is 4.20. The molecular formula is C23H25NO3S2. The number of Topliss-reactive ketones (excluding diaryl/α,β-unsaturated/α-hetero) is 1. The predicted molar refractivity (Wildman–Crippen MR) is 120 cm³/mol. The number of carboxylic acid groups (broad SMARTS) is 1. The molecule has 2 heterocycles. The standard InChI is InChI=1S/C23H25NO3S2/c1-23(2)7-6-19-15(10-23)21(22(26)27)20(29-19)9-17(25)16-12-28-18-5-4-13(11-24-3)8-14(16)18/h4-5,8,12,24H,6-7,9-11H2,1-3H3,(H,26,27). The SMILES string of the molecule is CNCc1ccc2scc(C(=O)Cc3sc4c(c3C(=O)O)CC(C)(C)CC4)c2c1. The van der Waals surface area contributed by atoms with E-state index in [2.05, 4.69) is 37.4 Å². The molecule has 1 aliphatic rings. The molecule has 0 atom stereocenters. The van der Waals surface area contributed by atoms with Crippen LogP contribution in [0.25, 0.3) is 10.1 Å². The third-order valence-electron chi connectivity index (χ3n) is 5.70. The van der Waals surface area contributed by atoms with E-state index in [4.69, 9.17) is 0 Å². The lowest BCUT2D eigenvalue weighted by Crippen LogP contribution is -2.22. The zero-order valence-electron chi connectivity index (χ0n) is 16.9. The van der Waals surface area contributed by atoms with E-state index in [9.17, 15) is 14.7 Å². The Hall–Kier alpha value is -2.02. The van der Waals surface area contributed by atoms with Crippen molar-refractivity contribution in [2.45, 2.75) is 46.1 Å². The zero-order chi connectivity index (χ0) is 20.8. The molecule has 6 heteroatoms. The maximum absolute atomic E-state index is 13.2. The Bertz CT molecular complexity index is 1110. The number of hydrogen-bond acceptors (Lipinski definition) is 5. The van der Waals surface area contributed by atoms with Crippen LogP contribution in [0.4, 0.5) is 0 Å². The fraction of sp³-hybridized carbons (Fsp3) is 0.391. The van der Waals surface area contributed by atoms with Gasteiger partial charge in [0.25, 0.3) is 0 Å². The maximum Gasteiger partial charge on any atom is 0.337 e. The van der Waals surface area contributed by atoms with Crippen molar-refractivity contribution < 1.29 is 14.7 Å². The summed E-state index contributed by atoms with van der Waals surface area (Å²) < 4.78 is 1.08. The van der Waals surface area contributed by atoms with Gasteiger partial charge in [-0.3, -0.25) is 4.79 Å². The zero-order valence-corrected chi connectivity index (χ0v) is 18.6. The summed E-state index contributed by atoms with van der Waals surface area (Å²) in [7, 11) is 1.90. The summed E-state index contributed by atoms with van der Waals surface area (Å²) in [6.07, 6.45) is 2.87. The van der Waals surface area contributed by atoms with Gasteiger partial charge >= 0.3 is 5.97 Å². The molecule has 152 valence electrons. The van der Waals surface area contributed by atoms with E-state index in [1.807, 2.05) is 12.4 Å². The molecule has 0 saturated carbocycles. The first kappa shape index (κ1) is 20.3. The number of aryl methyl sites for hydroxylation is 1. The van der Waals surface area contributed by atoms with Crippen molar-refractivity contribution in [2.24, 2.45) is 5.41 Å². The van der Waals surface area contributed by atoms with Crippen LogP contribution in [0.5, 0.6) is 0 Å². The van der Waals surface area contributed by atoms with Crippen LogP contribution in [-0.2, 0) is 25.8 Å². The van der Waals surface area contributed by atoms with Gasteiger partial charge in [-0.15, -0.1) is 22.7 Å². The summed E-state index contributed by atoms with van der Waals surface area (Å²) in [4.78, 5) is 27.1. The minimum absolute atomic E-state index is 0.00165. The number of fused-ring (bicyclic) bond motifs is 2. The lowest BCUT2D eigenvalue weighted by atomic mass is 9.76. The fourth-order valence-corrected chi connectivity index (χ4v) is 6.46. The van der Waals surface area contributed by atoms with Gasteiger partial charge < -0.3 is 10.4 Å². The molecule has 3 aromatic rings. The minimum Gasteiger partial charge on any atom is -0.478 e. The van der Waals surface area contributed by atoms with Gasteiger partial charge in [-0.1, -0.05) is 19.9 Å². The smallest absolute Gasteiger partial charge is 0.337 e. The number of thiophene rings is 2. The Balaban J connectivity index is 1.69. The minimum atomic E-state index is -0.908. The van der Waals surface area contributed by atoms with E-state index < -0.39 is 5.97 Å². The third-order valence-corrected chi connectivity index (χ3v) is 7.96. The average molecular weight is 428 g/mol. The van der Waals surface area contributed by atoms with Gasteiger partial charge in [0.1, 0.15) is 0 Å². The van der Waals surface area contributed by atoms with E-state index in [0.717, 1.165) is 51.9 Å². The monoisotopic (exact) mass is 427 g/mol. The maximum atomic E-state index is 13.2. The molecule has 0 spiro atoms. The first-order valence-corrected chi connectivity index (χ1v) is 11.5. The van der Waals surface area contributed by atoms with E-state index >= 15 is 0 Å². The van der Waals surface area contributed by atoms with Crippen LogP contribution in [0, 0.1) is 5.41 Å². The van der Waals surface area contributed by atoms with Gasteiger partial charge in [0.05, 0.1) is 5.56 Å². The van der Waals surface area contributed by atoms with Crippen LogP contribution in [0.1, 0.15) is 61.9 Å². The van der Waals surface area contributed by atoms with Crippen molar-refractivity contribution in [1.29, 1.82) is 0 Å². The summed E-state index contributed by atoms with van der Waals surface area (Å²) in [5, 5.41) is 15.9. The van der Waals surface area contributed by atoms with Crippen molar-refractivity contribution in [1.82, 2.24) is 5.32 Å². The van der Waals surface area contributed by atoms with Gasteiger partial charge in [0.15, 0.2) is 5.78 Å². The molecule has 2 N–H and O–H groups in total. The molecule has 0 aliphatic heterocycles. The topological polar surface area (TPSA) is 66.4 Å². The van der Waals surface area contributed by atoms with Gasteiger partial charge in [-0.2, -0.15) is 0 Å². The molecule has 0 saturated heterocycles. The van der Waals surface area contributed by atoms with Crippen LogP contribution in [0.2, 0.25) is 0 Å². The highest BCUT2D eigenvalue weighted by atomic mass is 32.1. The Kier molecular flexibility index (Phi) is 5.36. The lowest BCUT2D eigenvalue weighted by Gasteiger charge is -2.29. The summed E-state index contributed by atoms with van der Waals surface area (Å²) in [5.41, 5.74) is 3.26. The number of hydrogen-bond donors (Lipinski definition) is 2. The van der Waals surface area contributed by atoms with Gasteiger partial charge in [-0.25, -0.2) is 4.79 Å². The molecule has 0 amide bonds. The average Bonchev–Trinajstić information content (AvgIpc) is 3.21. The molecule has 0 unspecified atom stereocenters. The molecule has 0 fully saturated rings. The quantitative estimate of drug-likeness (QED) is 0.523. The van der Waals surface area contributed by atoms with Crippen molar-refractivity contribution in [3.05, 3.63) is 55.6 Å². The van der Waals surface area contributed by atoms with E-state index in [1.165, 1.54) is 11.3 Å². The number of benzene rings is 1. The predicted octanol–water partition coefficient (Wildman–Crippen LogP) is 5.32. The highest BCUT2D eigenvalue weighted by Crippen LogP contribution is 2.42. The lowest BCUT2D eigenvalue weighted by molar-refractivity contribution is 0.0694. The molecule has 0 radical (unpaired) electrons. The normalized spacial score (nSPS) is 15.4. The van der Waals surface area contributed by atoms with E-state index in [1.54, 1.807) is 11.3 Å². The summed E-state index contributed by atoms with van der Waals surface area (Å²) >= 11 is 3.09.